The van der Waals surface area contributed by atoms with E-state index in [2.05, 4.69) is 15.9 Å². The van der Waals surface area contributed by atoms with E-state index < -0.39 is 11.2 Å². The van der Waals surface area contributed by atoms with Crippen molar-refractivity contribution in [2.45, 2.75) is 5.38 Å². The highest BCUT2D eigenvalue weighted by Crippen LogP contribution is 2.37. The highest BCUT2D eigenvalue weighted by molar-refractivity contribution is 9.11. The van der Waals surface area contributed by atoms with Gasteiger partial charge in [0.05, 0.1) is 14.2 Å². The number of rotatable bonds is 2. The molecule has 1 unspecified atom stereocenters. The fourth-order valence-electron chi connectivity index (χ4n) is 1.33. The predicted octanol–water partition coefficient (Wildman–Crippen LogP) is 5.63. The minimum absolute atomic E-state index is 0.0961. The summed E-state index contributed by atoms with van der Waals surface area (Å²) in [5, 5.41) is -0.409. The quantitative estimate of drug-likeness (QED) is 0.622. The maximum absolute atomic E-state index is 13.7. The van der Waals surface area contributed by atoms with Gasteiger partial charge in [0.2, 0.25) is 0 Å². The third-order valence-electron chi connectivity index (χ3n) is 2.10. The molecule has 5 heteroatoms. The van der Waals surface area contributed by atoms with Crippen LogP contribution in [0.15, 0.2) is 34.1 Å². The molecule has 0 aliphatic carbocycles. The molecule has 1 heterocycles. The van der Waals surface area contributed by atoms with Crippen molar-refractivity contribution in [1.29, 1.82) is 0 Å². The van der Waals surface area contributed by atoms with E-state index >= 15 is 0 Å². The van der Waals surface area contributed by atoms with E-state index in [-0.39, 0.29) is 5.02 Å². The minimum Gasteiger partial charge on any atom is -0.205 e. The molecule has 1 atom stereocenters. The first-order valence-electron chi connectivity index (χ1n) is 4.43. The molecule has 0 bridgehead atoms. The molecule has 1 aromatic carbocycles. The summed E-state index contributed by atoms with van der Waals surface area (Å²) in [6.45, 7) is 0. The molecule has 0 fully saturated rings. The van der Waals surface area contributed by atoms with Crippen molar-refractivity contribution in [2.24, 2.45) is 0 Å². The summed E-state index contributed by atoms with van der Waals surface area (Å²) in [6.07, 6.45) is 0. The molecule has 16 heavy (non-hydrogen) atoms. The van der Waals surface area contributed by atoms with Crippen LogP contribution in [0, 0.1) is 5.82 Å². The monoisotopic (exact) mass is 338 g/mol. The van der Waals surface area contributed by atoms with Crippen LogP contribution in [0.1, 0.15) is 15.8 Å². The third-order valence-corrected chi connectivity index (χ3v) is 4.68. The zero-order chi connectivity index (χ0) is 11.7. The van der Waals surface area contributed by atoms with E-state index in [9.17, 15) is 4.39 Å². The molecule has 0 aliphatic heterocycles. The molecule has 0 radical (unpaired) electrons. The Morgan fingerprint density at radius 1 is 1.25 bits per heavy atom. The normalized spacial score (nSPS) is 12.8. The summed E-state index contributed by atoms with van der Waals surface area (Å²) in [4.78, 5) is 0.884. The lowest BCUT2D eigenvalue weighted by molar-refractivity contribution is 0.613. The largest absolute Gasteiger partial charge is 0.205 e. The first kappa shape index (κ1) is 12.4. The van der Waals surface area contributed by atoms with Gasteiger partial charge < -0.3 is 0 Å². The van der Waals surface area contributed by atoms with Gasteiger partial charge in [0, 0.05) is 10.4 Å². The van der Waals surface area contributed by atoms with Gasteiger partial charge in [0.1, 0.15) is 5.82 Å². The van der Waals surface area contributed by atoms with E-state index in [0.29, 0.717) is 5.56 Å². The van der Waals surface area contributed by atoms with Gasteiger partial charge in [-0.3, -0.25) is 0 Å². The molecule has 1 aromatic heterocycles. The van der Waals surface area contributed by atoms with E-state index in [4.69, 9.17) is 23.2 Å². The highest BCUT2D eigenvalue weighted by Gasteiger charge is 2.18. The van der Waals surface area contributed by atoms with Crippen molar-refractivity contribution >= 4 is 50.5 Å². The van der Waals surface area contributed by atoms with Crippen LogP contribution in [-0.2, 0) is 0 Å². The van der Waals surface area contributed by atoms with E-state index in [1.165, 1.54) is 17.4 Å². The van der Waals surface area contributed by atoms with Gasteiger partial charge in [0.25, 0.3) is 0 Å². The predicted molar refractivity (Wildman–Crippen MR) is 71.1 cm³/mol. The summed E-state index contributed by atoms with van der Waals surface area (Å²) >= 11 is 16.8. The fraction of sp³-hybridized carbons (Fsp3) is 0.0909. The molecule has 0 amide bonds. The van der Waals surface area contributed by atoms with Crippen LogP contribution in [0.4, 0.5) is 4.39 Å². The van der Waals surface area contributed by atoms with Gasteiger partial charge in [-0.25, -0.2) is 4.39 Å². The molecule has 0 nitrogen and oxygen atoms in total. The van der Waals surface area contributed by atoms with Gasteiger partial charge in [0.15, 0.2) is 0 Å². The number of hydrogen-bond donors (Lipinski definition) is 0. The Kier molecular flexibility index (Phi) is 3.90. The average molecular weight is 340 g/mol. The number of halogens is 4. The zero-order valence-electron chi connectivity index (χ0n) is 7.88. The van der Waals surface area contributed by atoms with E-state index in [1.807, 2.05) is 12.1 Å². The molecule has 0 aliphatic rings. The van der Waals surface area contributed by atoms with Crippen LogP contribution in [0.5, 0.6) is 0 Å². The third kappa shape index (κ3) is 2.43. The number of thiophene rings is 1. The molecule has 0 spiro atoms. The molecule has 0 N–H and O–H groups in total. The lowest BCUT2D eigenvalue weighted by Gasteiger charge is -2.09. The maximum atomic E-state index is 13.7. The van der Waals surface area contributed by atoms with Crippen molar-refractivity contribution in [3.05, 3.63) is 55.4 Å². The summed E-state index contributed by atoms with van der Waals surface area (Å²) < 4.78 is 14.7. The van der Waals surface area contributed by atoms with Gasteiger partial charge in [-0.2, -0.15) is 0 Å². The molecule has 0 saturated carbocycles. The molecule has 84 valence electrons. The fourth-order valence-corrected chi connectivity index (χ4v) is 3.31. The Labute approximate surface area is 115 Å². The summed E-state index contributed by atoms with van der Waals surface area (Å²) in [5.74, 6) is -0.450. The van der Waals surface area contributed by atoms with Gasteiger partial charge in [-0.1, -0.05) is 23.7 Å². The van der Waals surface area contributed by atoms with E-state index in [0.717, 1.165) is 8.66 Å². The van der Waals surface area contributed by atoms with Crippen LogP contribution < -0.4 is 0 Å². The summed E-state index contributed by atoms with van der Waals surface area (Å²) in [7, 11) is 0. The van der Waals surface area contributed by atoms with Crippen molar-refractivity contribution in [3.63, 3.8) is 0 Å². The van der Waals surface area contributed by atoms with Crippen LogP contribution in [0.2, 0.25) is 5.02 Å². The van der Waals surface area contributed by atoms with E-state index in [1.54, 1.807) is 12.1 Å². The Morgan fingerprint density at radius 3 is 2.62 bits per heavy atom. The molecule has 2 aromatic rings. The Balaban J connectivity index is 2.41. The Hall–Kier alpha value is -0.0900. The summed E-state index contributed by atoms with van der Waals surface area (Å²) in [6, 6.07) is 8.60. The second-order valence-corrected chi connectivity index (χ2v) is 6.49. The summed E-state index contributed by atoms with van der Waals surface area (Å²) in [5.41, 5.74) is 0.406. The van der Waals surface area contributed by atoms with Gasteiger partial charge >= 0.3 is 0 Å². The standard InChI is InChI=1S/C11H6BrCl2FS/c12-9-5-4-8(16-9)10(14)6-2-1-3-7(13)11(6)15/h1-5,10H. The minimum atomic E-state index is -0.505. The lowest BCUT2D eigenvalue weighted by Crippen LogP contribution is -1.95. The first-order chi connectivity index (χ1) is 7.59. The van der Waals surface area contributed by atoms with Crippen LogP contribution in [-0.4, -0.2) is 0 Å². The second kappa shape index (κ2) is 5.05. The molecule has 2 rings (SSSR count). The number of hydrogen-bond acceptors (Lipinski definition) is 1. The highest BCUT2D eigenvalue weighted by atomic mass is 79.9. The lowest BCUT2D eigenvalue weighted by atomic mass is 10.1. The van der Waals surface area contributed by atoms with Crippen LogP contribution >= 0.6 is 50.5 Å². The first-order valence-corrected chi connectivity index (χ1v) is 6.85. The zero-order valence-corrected chi connectivity index (χ0v) is 11.8. The Bertz CT molecular complexity index is 512. The van der Waals surface area contributed by atoms with Crippen molar-refractivity contribution in [1.82, 2.24) is 0 Å². The number of benzene rings is 1. The molecular formula is C11H6BrCl2FS. The second-order valence-electron chi connectivity index (χ2n) is 3.15. The van der Waals surface area contributed by atoms with Crippen molar-refractivity contribution in [3.8, 4) is 0 Å². The van der Waals surface area contributed by atoms with Crippen molar-refractivity contribution < 1.29 is 4.39 Å². The van der Waals surface area contributed by atoms with Crippen molar-refractivity contribution in [2.75, 3.05) is 0 Å². The topological polar surface area (TPSA) is 0 Å². The van der Waals surface area contributed by atoms with Gasteiger partial charge in [-0.15, -0.1) is 22.9 Å². The smallest absolute Gasteiger partial charge is 0.146 e. The van der Waals surface area contributed by atoms with Crippen LogP contribution in [0.25, 0.3) is 0 Å². The maximum Gasteiger partial charge on any atom is 0.146 e. The van der Waals surface area contributed by atoms with Crippen LogP contribution in [0.3, 0.4) is 0 Å². The number of alkyl halides is 1. The molecular weight excluding hydrogens is 334 g/mol. The Morgan fingerprint density at radius 2 is 2.00 bits per heavy atom. The SMILES string of the molecule is Fc1c(Cl)cccc1C(Cl)c1ccc(Br)s1. The average Bonchev–Trinajstić information content (AvgIpc) is 2.68. The van der Waals surface area contributed by atoms with Gasteiger partial charge in [-0.05, 0) is 34.1 Å². The molecule has 0 saturated heterocycles.